The van der Waals surface area contributed by atoms with E-state index in [1.54, 1.807) is 32.4 Å². The monoisotopic (exact) mass is 303 g/mol. The Morgan fingerprint density at radius 2 is 1.68 bits per heavy atom. The zero-order chi connectivity index (χ0) is 15.9. The van der Waals surface area contributed by atoms with E-state index < -0.39 is 0 Å². The van der Waals surface area contributed by atoms with Gasteiger partial charge in [-0.2, -0.15) is 0 Å². The molecule has 0 spiro atoms. The van der Waals surface area contributed by atoms with Crippen LogP contribution in [-0.2, 0) is 4.79 Å². The van der Waals surface area contributed by atoms with Crippen molar-refractivity contribution >= 4 is 12.0 Å². The molecule has 1 N–H and O–H groups in total. The Labute approximate surface area is 132 Å². The summed E-state index contributed by atoms with van der Waals surface area (Å²) in [5, 5.41) is 3.08. The third-order valence-corrected chi connectivity index (χ3v) is 4.16. The van der Waals surface area contributed by atoms with E-state index in [2.05, 4.69) is 12.2 Å². The van der Waals surface area contributed by atoms with Crippen molar-refractivity contribution < 1.29 is 14.3 Å². The van der Waals surface area contributed by atoms with Crippen molar-refractivity contribution in [2.45, 2.75) is 38.6 Å². The number of carbonyl (C=O) groups excluding carboxylic acids is 1. The molecule has 1 fully saturated rings. The third kappa shape index (κ3) is 4.79. The second kappa shape index (κ2) is 7.87. The summed E-state index contributed by atoms with van der Waals surface area (Å²) in [5.74, 6) is 2.16. The van der Waals surface area contributed by atoms with Gasteiger partial charge in [0.1, 0.15) is 11.5 Å². The van der Waals surface area contributed by atoms with Crippen LogP contribution in [0.3, 0.4) is 0 Å². The molecule has 1 aromatic rings. The Morgan fingerprint density at radius 3 is 2.23 bits per heavy atom. The smallest absolute Gasteiger partial charge is 0.244 e. The van der Waals surface area contributed by atoms with E-state index in [0.717, 1.165) is 24.3 Å². The maximum absolute atomic E-state index is 12.0. The minimum Gasteiger partial charge on any atom is -0.497 e. The van der Waals surface area contributed by atoms with Crippen LogP contribution in [0.5, 0.6) is 11.5 Å². The number of carbonyl (C=O) groups is 1. The summed E-state index contributed by atoms with van der Waals surface area (Å²) >= 11 is 0. The van der Waals surface area contributed by atoms with Crippen LogP contribution >= 0.6 is 0 Å². The first kappa shape index (κ1) is 16.4. The van der Waals surface area contributed by atoms with Crippen LogP contribution in [-0.4, -0.2) is 26.2 Å². The second-order valence-electron chi connectivity index (χ2n) is 5.94. The zero-order valence-corrected chi connectivity index (χ0v) is 13.6. The molecule has 0 unspecified atom stereocenters. The van der Waals surface area contributed by atoms with Crippen molar-refractivity contribution in [2.24, 2.45) is 5.92 Å². The number of ether oxygens (including phenoxy) is 2. The Kier molecular flexibility index (Phi) is 5.87. The SMILES string of the molecule is COc1cc(/C=C/C(=O)NC2CCC(C)CC2)cc(OC)c1. The van der Waals surface area contributed by atoms with Crippen LogP contribution in [0.25, 0.3) is 6.08 Å². The molecule has 1 aliphatic carbocycles. The van der Waals surface area contributed by atoms with Gasteiger partial charge in [0.2, 0.25) is 5.91 Å². The molecule has 0 radical (unpaired) electrons. The fraction of sp³-hybridized carbons (Fsp3) is 0.500. The lowest BCUT2D eigenvalue weighted by molar-refractivity contribution is -0.117. The highest BCUT2D eigenvalue weighted by Gasteiger charge is 2.18. The number of hydrogen-bond acceptors (Lipinski definition) is 3. The normalized spacial score (nSPS) is 21.6. The second-order valence-corrected chi connectivity index (χ2v) is 5.94. The molecule has 0 saturated heterocycles. The van der Waals surface area contributed by atoms with Crippen molar-refractivity contribution in [1.29, 1.82) is 0 Å². The molecule has 0 atom stereocenters. The first-order chi connectivity index (χ1) is 10.6. The van der Waals surface area contributed by atoms with Gasteiger partial charge in [0.15, 0.2) is 0 Å². The average molecular weight is 303 g/mol. The standard InChI is InChI=1S/C18H25NO3/c1-13-4-7-15(8-5-13)19-18(20)9-6-14-10-16(21-2)12-17(11-14)22-3/h6,9-13,15H,4-5,7-8H2,1-3H3,(H,19,20)/b9-6+. The maximum Gasteiger partial charge on any atom is 0.244 e. The lowest BCUT2D eigenvalue weighted by Gasteiger charge is -2.26. The van der Waals surface area contributed by atoms with E-state index in [1.807, 2.05) is 12.1 Å². The van der Waals surface area contributed by atoms with Gasteiger partial charge in [-0.1, -0.05) is 6.92 Å². The van der Waals surface area contributed by atoms with Crippen molar-refractivity contribution in [3.05, 3.63) is 29.8 Å². The fourth-order valence-electron chi connectivity index (χ4n) is 2.75. The van der Waals surface area contributed by atoms with E-state index in [-0.39, 0.29) is 5.91 Å². The van der Waals surface area contributed by atoms with Crippen molar-refractivity contribution in [3.8, 4) is 11.5 Å². The summed E-state index contributed by atoms with van der Waals surface area (Å²) in [4.78, 5) is 12.0. The van der Waals surface area contributed by atoms with Crippen molar-refractivity contribution in [2.75, 3.05) is 14.2 Å². The van der Waals surface area contributed by atoms with Gasteiger partial charge in [0.05, 0.1) is 14.2 Å². The molecule has 1 amide bonds. The summed E-state index contributed by atoms with van der Waals surface area (Å²) in [6.45, 7) is 2.27. The summed E-state index contributed by atoms with van der Waals surface area (Å²) in [6, 6.07) is 5.86. The summed E-state index contributed by atoms with van der Waals surface area (Å²) < 4.78 is 10.4. The van der Waals surface area contributed by atoms with Crippen LogP contribution < -0.4 is 14.8 Å². The van der Waals surface area contributed by atoms with Gasteiger partial charge in [0.25, 0.3) is 0 Å². The minimum absolute atomic E-state index is 0.0404. The number of amides is 1. The Balaban J connectivity index is 1.94. The number of hydrogen-bond donors (Lipinski definition) is 1. The molecule has 2 rings (SSSR count). The highest BCUT2D eigenvalue weighted by atomic mass is 16.5. The molecule has 0 bridgehead atoms. The predicted octanol–water partition coefficient (Wildman–Crippen LogP) is 3.41. The number of methoxy groups -OCH3 is 2. The van der Waals surface area contributed by atoms with Gasteiger partial charge in [-0.3, -0.25) is 4.79 Å². The van der Waals surface area contributed by atoms with Crippen LogP contribution in [0, 0.1) is 5.92 Å². The van der Waals surface area contributed by atoms with Crippen LogP contribution in [0.4, 0.5) is 0 Å². The van der Waals surface area contributed by atoms with Gasteiger partial charge in [-0.25, -0.2) is 0 Å². The molecule has 0 aliphatic heterocycles. The lowest BCUT2D eigenvalue weighted by atomic mass is 9.87. The van der Waals surface area contributed by atoms with E-state index in [0.29, 0.717) is 17.5 Å². The third-order valence-electron chi connectivity index (χ3n) is 4.16. The highest BCUT2D eigenvalue weighted by Crippen LogP contribution is 2.24. The predicted molar refractivity (Wildman–Crippen MR) is 88.1 cm³/mol. The molecule has 120 valence electrons. The van der Waals surface area contributed by atoms with Gasteiger partial charge in [-0.15, -0.1) is 0 Å². The van der Waals surface area contributed by atoms with E-state index >= 15 is 0 Å². The quantitative estimate of drug-likeness (QED) is 0.848. The van der Waals surface area contributed by atoms with E-state index in [9.17, 15) is 4.79 Å². The zero-order valence-electron chi connectivity index (χ0n) is 13.6. The van der Waals surface area contributed by atoms with Crippen molar-refractivity contribution in [3.63, 3.8) is 0 Å². The highest BCUT2D eigenvalue weighted by molar-refractivity contribution is 5.92. The molecule has 1 aliphatic rings. The summed E-state index contributed by atoms with van der Waals surface area (Å²) in [6.07, 6.45) is 7.91. The average Bonchev–Trinajstić information content (AvgIpc) is 2.54. The van der Waals surface area contributed by atoms with Crippen molar-refractivity contribution in [1.82, 2.24) is 5.32 Å². The van der Waals surface area contributed by atoms with E-state index in [1.165, 1.54) is 12.8 Å². The number of benzene rings is 1. The first-order valence-corrected chi connectivity index (χ1v) is 7.82. The lowest BCUT2D eigenvalue weighted by Crippen LogP contribution is -2.36. The molecule has 4 nitrogen and oxygen atoms in total. The molecule has 0 heterocycles. The summed E-state index contributed by atoms with van der Waals surface area (Å²) in [5.41, 5.74) is 0.878. The van der Waals surface area contributed by atoms with Crippen LogP contribution in [0.15, 0.2) is 24.3 Å². The molecule has 0 aromatic heterocycles. The van der Waals surface area contributed by atoms with Crippen LogP contribution in [0.2, 0.25) is 0 Å². The molecule has 1 aromatic carbocycles. The molecular weight excluding hydrogens is 278 g/mol. The topological polar surface area (TPSA) is 47.6 Å². The number of rotatable bonds is 5. The first-order valence-electron chi connectivity index (χ1n) is 7.82. The van der Waals surface area contributed by atoms with Gasteiger partial charge >= 0.3 is 0 Å². The Bertz CT molecular complexity index is 509. The van der Waals surface area contributed by atoms with Gasteiger partial charge < -0.3 is 14.8 Å². The maximum atomic E-state index is 12.0. The summed E-state index contributed by atoms with van der Waals surface area (Å²) in [7, 11) is 3.22. The minimum atomic E-state index is -0.0404. The Hall–Kier alpha value is -1.97. The number of nitrogens with one attached hydrogen (secondary N) is 1. The fourth-order valence-corrected chi connectivity index (χ4v) is 2.75. The Morgan fingerprint density at radius 1 is 1.09 bits per heavy atom. The molecule has 22 heavy (non-hydrogen) atoms. The van der Waals surface area contributed by atoms with E-state index in [4.69, 9.17) is 9.47 Å². The van der Waals surface area contributed by atoms with Crippen LogP contribution in [0.1, 0.15) is 38.2 Å². The van der Waals surface area contributed by atoms with Gasteiger partial charge in [0, 0.05) is 18.2 Å². The molecule has 1 saturated carbocycles. The van der Waals surface area contributed by atoms with Gasteiger partial charge in [-0.05, 0) is 55.4 Å². The molecule has 4 heteroatoms. The molecular formula is C18H25NO3. The largest absolute Gasteiger partial charge is 0.497 e.